The van der Waals surface area contributed by atoms with Gasteiger partial charge in [0.05, 0.1) is 11.8 Å². The molecule has 1 saturated heterocycles. The third-order valence-corrected chi connectivity index (χ3v) is 2.72. The van der Waals surface area contributed by atoms with E-state index in [1.807, 2.05) is 0 Å². The summed E-state index contributed by atoms with van der Waals surface area (Å²) in [7, 11) is 0. The van der Waals surface area contributed by atoms with Gasteiger partial charge in [0.15, 0.2) is 0 Å². The topological polar surface area (TPSA) is 46.2 Å². The first-order valence-corrected chi connectivity index (χ1v) is 4.03. The Morgan fingerprint density at radius 3 is 2.09 bits per heavy atom. The molecule has 60 valence electrons. The van der Waals surface area contributed by atoms with Crippen LogP contribution in [0.15, 0.2) is 0 Å². The number of fused-ring (bicyclic) bond motifs is 1. The number of hydrogen-bond acceptors (Lipinski definition) is 2. The van der Waals surface area contributed by atoms with E-state index in [2.05, 4.69) is 12.2 Å². The summed E-state index contributed by atoms with van der Waals surface area (Å²) >= 11 is 0. The van der Waals surface area contributed by atoms with Gasteiger partial charge >= 0.3 is 0 Å². The molecule has 1 aliphatic carbocycles. The molecule has 2 amide bonds. The van der Waals surface area contributed by atoms with E-state index in [0.717, 1.165) is 12.8 Å². The summed E-state index contributed by atoms with van der Waals surface area (Å²) in [6, 6.07) is 0. The molecule has 1 heterocycles. The van der Waals surface area contributed by atoms with E-state index < -0.39 is 0 Å². The summed E-state index contributed by atoms with van der Waals surface area (Å²) in [5, 5.41) is 2.36. The maximum absolute atomic E-state index is 11.1. The fourth-order valence-electron chi connectivity index (χ4n) is 2.18. The Labute approximate surface area is 65.2 Å². The Balaban J connectivity index is 2.23. The zero-order valence-corrected chi connectivity index (χ0v) is 6.46. The van der Waals surface area contributed by atoms with E-state index in [4.69, 9.17) is 0 Å². The Hall–Kier alpha value is -0.860. The third kappa shape index (κ3) is 0.870. The second kappa shape index (κ2) is 2.06. The quantitative estimate of drug-likeness (QED) is 0.509. The number of rotatable bonds is 0. The van der Waals surface area contributed by atoms with Crippen molar-refractivity contribution >= 4 is 11.8 Å². The second-order valence-electron chi connectivity index (χ2n) is 3.64. The lowest BCUT2D eigenvalue weighted by Gasteiger charge is -2.00. The maximum atomic E-state index is 11.1. The highest BCUT2D eigenvalue weighted by Gasteiger charge is 2.46. The SMILES string of the molecule is CC1CC2C(=O)NC(=O)C2C1. The van der Waals surface area contributed by atoms with Gasteiger partial charge in [-0.05, 0) is 18.8 Å². The molecule has 2 atom stereocenters. The average molecular weight is 153 g/mol. The predicted molar refractivity (Wildman–Crippen MR) is 38.5 cm³/mol. The Morgan fingerprint density at radius 1 is 1.18 bits per heavy atom. The lowest BCUT2D eigenvalue weighted by atomic mass is 10.00. The van der Waals surface area contributed by atoms with Gasteiger partial charge in [-0.2, -0.15) is 0 Å². The van der Waals surface area contributed by atoms with Crippen LogP contribution in [0.25, 0.3) is 0 Å². The van der Waals surface area contributed by atoms with E-state index in [1.165, 1.54) is 0 Å². The number of imide groups is 1. The largest absolute Gasteiger partial charge is 0.296 e. The van der Waals surface area contributed by atoms with Gasteiger partial charge in [-0.1, -0.05) is 6.92 Å². The average Bonchev–Trinajstić information content (AvgIpc) is 2.38. The molecule has 0 aromatic heterocycles. The molecule has 0 aromatic carbocycles. The van der Waals surface area contributed by atoms with Gasteiger partial charge < -0.3 is 0 Å². The number of hydrogen-bond donors (Lipinski definition) is 1. The predicted octanol–water partition coefficient (Wildman–Crippen LogP) is 0.305. The third-order valence-electron chi connectivity index (χ3n) is 2.72. The highest BCUT2D eigenvalue weighted by atomic mass is 16.2. The molecule has 1 N–H and O–H groups in total. The van der Waals surface area contributed by atoms with Gasteiger partial charge in [-0.25, -0.2) is 0 Å². The lowest BCUT2D eigenvalue weighted by Crippen LogP contribution is -2.24. The van der Waals surface area contributed by atoms with E-state index in [9.17, 15) is 9.59 Å². The fourth-order valence-corrected chi connectivity index (χ4v) is 2.18. The van der Waals surface area contributed by atoms with Gasteiger partial charge in [0, 0.05) is 0 Å². The molecule has 11 heavy (non-hydrogen) atoms. The molecule has 2 unspecified atom stereocenters. The molecule has 2 fully saturated rings. The molecule has 0 radical (unpaired) electrons. The van der Waals surface area contributed by atoms with E-state index in [-0.39, 0.29) is 23.7 Å². The first-order chi connectivity index (χ1) is 5.18. The zero-order valence-electron chi connectivity index (χ0n) is 6.46. The van der Waals surface area contributed by atoms with Crippen LogP contribution in [0, 0.1) is 17.8 Å². The molecular weight excluding hydrogens is 142 g/mol. The van der Waals surface area contributed by atoms with Crippen LogP contribution in [-0.2, 0) is 9.59 Å². The van der Waals surface area contributed by atoms with Crippen molar-refractivity contribution < 1.29 is 9.59 Å². The second-order valence-corrected chi connectivity index (χ2v) is 3.64. The van der Waals surface area contributed by atoms with Crippen molar-refractivity contribution in [2.45, 2.75) is 19.8 Å². The standard InChI is InChI=1S/C8H11NO2/c1-4-2-5-6(3-4)8(11)9-7(5)10/h4-6H,2-3H2,1H3,(H,9,10,11). The number of carbonyl (C=O) groups is 2. The Morgan fingerprint density at radius 2 is 1.64 bits per heavy atom. The number of carbonyl (C=O) groups excluding carboxylic acids is 2. The molecule has 2 aliphatic rings. The van der Waals surface area contributed by atoms with Crippen molar-refractivity contribution in [3.05, 3.63) is 0 Å². The smallest absolute Gasteiger partial charge is 0.230 e. The van der Waals surface area contributed by atoms with Crippen molar-refractivity contribution in [3.63, 3.8) is 0 Å². The van der Waals surface area contributed by atoms with Crippen LogP contribution in [0.4, 0.5) is 0 Å². The summed E-state index contributed by atoms with van der Waals surface area (Å²) in [6.45, 7) is 2.10. The van der Waals surface area contributed by atoms with Gasteiger partial charge in [-0.15, -0.1) is 0 Å². The van der Waals surface area contributed by atoms with Crippen LogP contribution in [0.3, 0.4) is 0 Å². The van der Waals surface area contributed by atoms with Crippen molar-refractivity contribution in [2.75, 3.05) is 0 Å². The van der Waals surface area contributed by atoms with Gasteiger partial charge in [0.25, 0.3) is 0 Å². The van der Waals surface area contributed by atoms with Gasteiger partial charge in [-0.3, -0.25) is 14.9 Å². The molecule has 1 saturated carbocycles. The Bertz CT molecular complexity index is 202. The molecule has 3 heteroatoms. The molecule has 3 nitrogen and oxygen atoms in total. The monoisotopic (exact) mass is 153 g/mol. The normalized spacial score (nSPS) is 42.5. The summed E-state index contributed by atoms with van der Waals surface area (Å²) in [5.74, 6) is 0.434. The first kappa shape index (κ1) is 6.83. The first-order valence-electron chi connectivity index (χ1n) is 4.03. The van der Waals surface area contributed by atoms with Crippen molar-refractivity contribution in [1.82, 2.24) is 5.32 Å². The van der Waals surface area contributed by atoms with Crippen LogP contribution >= 0.6 is 0 Å². The fraction of sp³-hybridized carbons (Fsp3) is 0.750. The molecule has 0 aromatic rings. The molecule has 0 spiro atoms. The number of amides is 2. The molecule has 2 rings (SSSR count). The summed E-state index contributed by atoms with van der Waals surface area (Å²) in [6.07, 6.45) is 1.78. The van der Waals surface area contributed by atoms with Gasteiger partial charge in [0.2, 0.25) is 11.8 Å². The minimum atomic E-state index is -0.0515. The van der Waals surface area contributed by atoms with Crippen LogP contribution in [0.1, 0.15) is 19.8 Å². The van der Waals surface area contributed by atoms with Crippen LogP contribution in [-0.4, -0.2) is 11.8 Å². The van der Waals surface area contributed by atoms with Crippen molar-refractivity contribution in [2.24, 2.45) is 17.8 Å². The van der Waals surface area contributed by atoms with E-state index in [1.54, 1.807) is 0 Å². The van der Waals surface area contributed by atoms with Crippen LogP contribution in [0.5, 0.6) is 0 Å². The number of nitrogens with one attached hydrogen (secondary N) is 1. The maximum Gasteiger partial charge on any atom is 0.230 e. The summed E-state index contributed by atoms with van der Waals surface area (Å²) in [4.78, 5) is 22.2. The minimum Gasteiger partial charge on any atom is -0.296 e. The summed E-state index contributed by atoms with van der Waals surface area (Å²) < 4.78 is 0. The molecule has 0 bridgehead atoms. The molecule has 1 aliphatic heterocycles. The minimum absolute atomic E-state index is 0.00231. The van der Waals surface area contributed by atoms with Crippen molar-refractivity contribution in [1.29, 1.82) is 0 Å². The Kier molecular flexibility index (Phi) is 1.28. The van der Waals surface area contributed by atoms with Crippen molar-refractivity contribution in [3.8, 4) is 0 Å². The van der Waals surface area contributed by atoms with E-state index >= 15 is 0 Å². The molecular formula is C8H11NO2. The lowest BCUT2D eigenvalue weighted by molar-refractivity contribution is -0.126. The zero-order chi connectivity index (χ0) is 8.01. The van der Waals surface area contributed by atoms with Gasteiger partial charge in [0.1, 0.15) is 0 Å². The van der Waals surface area contributed by atoms with E-state index in [0.29, 0.717) is 5.92 Å². The van der Waals surface area contributed by atoms with Crippen LogP contribution < -0.4 is 5.32 Å². The highest BCUT2D eigenvalue weighted by Crippen LogP contribution is 2.39. The summed E-state index contributed by atoms with van der Waals surface area (Å²) in [5.41, 5.74) is 0. The highest BCUT2D eigenvalue weighted by molar-refractivity contribution is 6.05. The van der Waals surface area contributed by atoms with Crippen LogP contribution in [0.2, 0.25) is 0 Å².